The maximum Gasteiger partial charge on any atom is 0.223 e. The van der Waals surface area contributed by atoms with Crippen molar-refractivity contribution in [1.82, 2.24) is 10.6 Å². The van der Waals surface area contributed by atoms with E-state index in [2.05, 4.69) is 24.5 Å². The third-order valence-electron chi connectivity index (χ3n) is 2.70. The van der Waals surface area contributed by atoms with E-state index >= 15 is 0 Å². The van der Waals surface area contributed by atoms with Gasteiger partial charge in [0, 0.05) is 24.7 Å². The zero-order valence-electron chi connectivity index (χ0n) is 12.3. The molecule has 0 aromatic heterocycles. The van der Waals surface area contributed by atoms with Crippen molar-refractivity contribution in [3.63, 3.8) is 0 Å². The summed E-state index contributed by atoms with van der Waals surface area (Å²) in [5.74, 6) is 0.646. The number of ether oxygens (including phenoxy) is 1. The fourth-order valence-electron chi connectivity index (χ4n) is 1.70. The highest BCUT2D eigenvalue weighted by Crippen LogP contribution is 2.28. The summed E-state index contributed by atoms with van der Waals surface area (Å²) in [5, 5.41) is 6.64. The number of halogens is 1. The van der Waals surface area contributed by atoms with Crippen LogP contribution in [0.15, 0.2) is 18.2 Å². The van der Waals surface area contributed by atoms with E-state index in [1.54, 1.807) is 6.07 Å². The SMILES string of the molecule is CCNC(=O)CCOc1c(Cl)cccc1CNC(C)C. The van der Waals surface area contributed by atoms with Crippen LogP contribution < -0.4 is 15.4 Å². The van der Waals surface area contributed by atoms with Gasteiger partial charge >= 0.3 is 0 Å². The van der Waals surface area contributed by atoms with Crippen LogP contribution in [-0.4, -0.2) is 25.1 Å². The highest BCUT2D eigenvalue weighted by molar-refractivity contribution is 6.32. The van der Waals surface area contributed by atoms with E-state index in [0.29, 0.717) is 42.9 Å². The number of amides is 1. The average Bonchev–Trinajstić information content (AvgIpc) is 2.39. The molecule has 1 amide bonds. The topological polar surface area (TPSA) is 50.4 Å². The van der Waals surface area contributed by atoms with Gasteiger partial charge < -0.3 is 15.4 Å². The van der Waals surface area contributed by atoms with Gasteiger partial charge in [-0.05, 0) is 13.0 Å². The second kappa shape index (κ2) is 8.82. The van der Waals surface area contributed by atoms with Gasteiger partial charge in [0.05, 0.1) is 18.1 Å². The van der Waals surface area contributed by atoms with Crippen LogP contribution in [0.3, 0.4) is 0 Å². The molecule has 2 N–H and O–H groups in total. The highest BCUT2D eigenvalue weighted by Gasteiger charge is 2.09. The molecule has 1 aromatic carbocycles. The summed E-state index contributed by atoms with van der Waals surface area (Å²) in [6.07, 6.45) is 0.329. The minimum atomic E-state index is -0.0126. The molecule has 0 saturated carbocycles. The quantitative estimate of drug-likeness (QED) is 0.776. The minimum Gasteiger partial charge on any atom is -0.491 e. The van der Waals surface area contributed by atoms with Crippen molar-refractivity contribution in [2.24, 2.45) is 0 Å². The molecule has 112 valence electrons. The van der Waals surface area contributed by atoms with Gasteiger partial charge in [0.15, 0.2) is 0 Å². The van der Waals surface area contributed by atoms with E-state index in [1.807, 2.05) is 19.1 Å². The van der Waals surface area contributed by atoms with Crippen LogP contribution in [0.1, 0.15) is 32.8 Å². The molecule has 0 aliphatic carbocycles. The summed E-state index contributed by atoms with van der Waals surface area (Å²) >= 11 is 6.17. The molecule has 0 heterocycles. The molecule has 0 aliphatic heterocycles. The van der Waals surface area contributed by atoms with Gasteiger partial charge in [-0.2, -0.15) is 0 Å². The summed E-state index contributed by atoms with van der Waals surface area (Å²) in [7, 11) is 0. The maximum absolute atomic E-state index is 11.4. The third kappa shape index (κ3) is 5.80. The monoisotopic (exact) mass is 298 g/mol. The molecule has 0 saturated heterocycles. The number of nitrogens with one attached hydrogen (secondary N) is 2. The molecule has 0 unspecified atom stereocenters. The standard InChI is InChI=1S/C15H23ClN2O2/c1-4-17-14(19)8-9-20-15-12(10-18-11(2)3)6-5-7-13(15)16/h5-7,11,18H,4,8-10H2,1-3H3,(H,17,19). The van der Waals surface area contributed by atoms with Crippen LogP contribution >= 0.6 is 11.6 Å². The lowest BCUT2D eigenvalue weighted by Gasteiger charge is -2.15. The number of para-hydroxylation sites is 1. The van der Waals surface area contributed by atoms with Gasteiger partial charge in [-0.3, -0.25) is 4.79 Å². The second-order valence-corrected chi connectivity index (χ2v) is 5.22. The van der Waals surface area contributed by atoms with Gasteiger partial charge in [0.1, 0.15) is 5.75 Å². The fraction of sp³-hybridized carbons (Fsp3) is 0.533. The molecule has 0 spiro atoms. The lowest BCUT2D eigenvalue weighted by Crippen LogP contribution is -2.25. The smallest absolute Gasteiger partial charge is 0.223 e. The van der Waals surface area contributed by atoms with E-state index in [9.17, 15) is 4.79 Å². The van der Waals surface area contributed by atoms with Gasteiger partial charge in [-0.1, -0.05) is 37.6 Å². The van der Waals surface area contributed by atoms with Crippen molar-refractivity contribution >= 4 is 17.5 Å². The van der Waals surface area contributed by atoms with E-state index in [0.717, 1.165) is 5.56 Å². The number of carbonyl (C=O) groups is 1. The molecule has 0 atom stereocenters. The molecular formula is C15H23ClN2O2. The molecule has 4 nitrogen and oxygen atoms in total. The first-order chi connectivity index (χ1) is 9.54. The zero-order valence-corrected chi connectivity index (χ0v) is 13.1. The molecule has 1 aromatic rings. The average molecular weight is 299 g/mol. The predicted molar refractivity (Wildman–Crippen MR) is 82.2 cm³/mol. The molecule has 5 heteroatoms. The Morgan fingerprint density at radius 1 is 1.40 bits per heavy atom. The normalized spacial score (nSPS) is 10.7. The van der Waals surface area contributed by atoms with Crippen LogP contribution in [0, 0.1) is 0 Å². The minimum absolute atomic E-state index is 0.0126. The van der Waals surface area contributed by atoms with Crippen molar-refractivity contribution in [1.29, 1.82) is 0 Å². The van der Waals surface area contributed by atoms with Crippen LogP contribution in [0.2, 0.25) is 5.02 Å². The summed E-state index contributed by atoms with van der Waals surface area (Å²) in [5.41, 5.74) is 1.00. The first-order valence-electron chi connectivity index (χ1n) is 6.94. The van der Waals surface area contributed by atoms with Gasteiger partial charge in [-0.15, -0.1) is 0 Å². The molecular weight excluding hydrogens is 276 g/mol. The van der Waals surface area contributed by atoms with E-state index in [1.165, 1.54) is 0 Å². The number of benzene rings is 1. The first-order valence-corrected chi connectivity index (χ1v) is 7.32. The first kappa shape index (κ1) is 16.8. The summed E-state index contributed by atoms with van der Waals surface area (Å²) in [6.45, 7) is 7.70. The Hall–Kier alpha value is -1.26. The van der Waals surface area contributed by atoms with E-state index in [4.69, 9.17) is 16.3 Å². The molecule has 0 radical (unpaired) electrons. The van der Waals surface area contributed by atoms with Gasteiger partial charge in [0.25, 0.3) is 0 Å². The predicted octanol–water partition coefficient (Wildman–Crippen LogP) is 2.74. The molecule has 20 heavy (non-hydrogen) atoms. The maximum atomic E-state index is 11.4. The van der Waals surface area contributed by atoms with E-state index in [-0.39, 0.29) is 5.91 Å². The van der Waals surface area contributed by atoms with E-state index < -0.39 is 0 Å². The largest absolute Gasteiger partial charge is 0.491 e. The number of hydrogen-bond acceptors (Lipinski definition) is 3. The fourth-order valence-corrected chi connectivity index (χ4v) is 1.95. The summed E-state index contributed by atoms with van der Waals surface area (Å²) in [6, 6.07) is 6.05. The Morgan fingerprint density at radius 2 is 2.15 bits per heavy atom. The van der Waals surface area contributed by atoms with Crippen molar-refractivity contribution in [3.05, 3.63) is 28.8 Å². The number of carbonyl (C=O) groups excluding carboxylic acids is 1. The lowest BCUT2D eigenvalue weighted by molar-refractivity contribution is -0.121. The Morgan fingerprint density at radius 3 is 2.80 bits per heavy atom. The molecule has 0 aliphatic rings. The van der Waals surface area contributed by atoms with Gasteiger partial charge in [0.2, 0.25) is 5.91 Å². The third-order valence-corrected chi connectivity index (χ3v) is 3.00. The second-order valence-electron chi connectivity index (χ2n) is 4.82. The van der Waals surface area contributed by atoms with Crippen molar-refractivity contribution < 1.29 is 9.53 Å². The number of hydrogen-bond donors (Lipinski definition) is 2. The summed E-state index contributed by atoms with van der Waals surface area (Å²) < 4.78 is 5.68. The Bertz CT molecular complexity index is 436. The molecule has 0 bridgehead atoms. The van der Waals surface area contributed by atoms with Gasteiger partial charge in [-0.25, -0.2) is 0 Å². The zero-order chi connectivity index (χ0) is 15.0. The Kier molecular flexibility index (Phi) is 7.41. The van der Waals surface area contributed by atoms with Crippen molar-refractivity contribution in [3.8, 4) is 5.75 Å². The van der Waals surface area contributed by atoms with Crippen molar-refractivity contribution in [2.45, 2.75) is 39.8 Å². The Balaban J connectivity index is 2.60. The molecule has 0 fully saturated rings. The van der Waals surface area contributed by atoms with Crippen molar-refractivity contribution in [2.75, 3.05) is 13.2 Å². The highest BCUT2D eigenvalue weighted by atomic mass is 35.5. The lowest BCUT2D eigenvalue weighted by atomic mass is 10.2. The van der Waals surface area contributed by atoms with Crippen LogP contribution in [0.25, 0.3) is 0 Å². The number of rotatable bonds is 8. The Labute approximate surface area is 125 Å². The van der Waals surface area contributed by atoms with Crippen LogP contribution in [0.4, 0.5) is 0 Å². The molecule has 1 rings (SSSR count). The summed E-state index contributed by atoms with van der Waals surface area (Å²) in [4.78, 5) is 11.4. The van der Waals surface area contributed by atoms with Crippen LogP contribution in [-0.2, 0) is 11.3 Å². The van der Waals surface area contributed by atoms with Crippen LogP contribution in [0.5, 0.6) is 5.75 Å².